The Bertz CT molecular complexity index is 1570. The van der Waals surface area contributed by atoms with Gasteiger partial charge in [0, 0.05) is 18.0 Å². The van der Waals surface area contributed by atoms with Crippen LogP contribution >= 0.6 is 0 Å². The summed E-state index contributed by atoms with van der Waals surface area (Å²) in [6, 6.07) is -0.317. The fourth-order valence-electron chi connectivity index (χ4n) is 3.83. The van der Waals surface area contributed by atoms with Crippen molar-refractivity contribution in [2.24, 2.45) is 4.99 Å². The highest BCUT2D eigenvalue weighted by Crippen LogP contribution is 2.68. The maximum atomic E-state index is 14.3. The number of aryl methyl sites for hydroxylation is 1. The summed E-state index contributed by atoms with van der Waals surface area (Å²) >= 11 is 0. The summed E-state index contributed by atoms with van der Waals surface area (Å²) in [7, 11) is 0. The summed E-state index contributed by atoms with van der Waals surface area (Å²) in [4.78, 5) is 25.6. The Balaban J connectivity index is 3.66. The predicted octanol–water partition coefficient (Wildman–Crippen LogP) is 10.0. The van der Waals surface area contributed by atoms with Gasteiger partial charge in [-0.15, -0.1) is 0 Å². The Morgan fingerprint density at radius 1 is 0.585 bits per heavy atom. The smallest absolute Gasteiger partial charge is 0.349 e. The average Bonchev–Trinajstić information content (AvgIpc) is 2.96. The van der Waals surface area contributed by atoms with Crippen LogP contribution in [-0.2, 0) is 4.79 Å². The van der Waals surface area contributed by atoms with Crippen LogP contribution in [0.15, 0.2) is 23.2 Å². The molecule has 1 aromatic rings. The number of nitrogens with zero attached hydrogens (tertiary/aromatic N) is 1. The minimum absolute atomic E-state index is 0.0647. The number of aliphatic imine (C=N–C) groups is 1. The first-order valence-electron chi connectivity index (χ1n) is 12.7. The Labute approximate surface area is 275 Å². The Morgan fingerprint density at radius 2 is 0.906 bits per heavy atom. The number of amides is 1. The molecule has 0 fully saturated rings. The minimum Gasteiger partial charge on any atom is -0.349 e. The second kappa shape index (κ2) is 13.3. The van der Waals surface area contributed by atoms with Crippen molar-refractivity contribution in [3.05, 3.63) is 29.3 Å². The molecule has 0 saturated heterocycles. The third kappa shape index (κ3) is 6.71. The summed E-state index contributed by atoms with van der Waals surface area (Å²) in [5, 5.41) is 1.33. The van der Waals surface area contributed by atoms with Gasteiger partial charge < -0.3 is 5.32 Å². The third-order valence-corrected chi connectivity index (χ3v) is 6.93. The summed E-state index contributed by atoms with van der Waals surface area (Å²) in [6.07, 6.45) is -10.3. The lowest BCUT2D eigenvalue weighted by Crippen LogP contribution is -2.78. The van der Waals surface area contributed by atoms with Crippen molar-refractivity contribution in [3.8, 4) is 0 Å². The van der Waals surface area contributed by atoms with Gasteiger partial charge in [0.05, 0.1) is 5.69 Å². The minimum atomic E-state index is -9.66. The van der Waals surface area contributed by atoms with Gasteiger partial charge in [0.1, 0.15) is 0 Å². The molecule has 0 aliphatic carbocycles. The quantitative estimate of drug-likeness (QED) is 0.109. The molecule has 29 heteroatoms. The summed E-state index contributed by atoms with van der Waals surface area (Å²) in [6.45, 7) is 1.30. The van der Waals surface area contributed by atoms with Crippen LogP contribution < -0.4 is 5.32 Å². The topological polar surface area (TPSA) is 58.5 Å². The second-order valence-electron chi connectivity index (χ2n) is 10.7. The van der Waals surface area contributed by atoms with Crippen LogP contribution in [0.4, 0.5) is 115 Å². The zero-order valence-corrected chi connectivity index (χ0v) is 24.7. The lowest BCUT2D eigenvalue weighted by Gasteiger charge is -2.45. The van der Waals surface area contributed by atoms with Gasteiger partial charge in [-0.3, -0.25) is 4.79 Å². The van der Waals surface area contributed by atoms with Crippen molar-refractivity contribution in [2.75, 3.05) is 0 Å². The Kier molecular flexibility index (Phi) is 11.8. The third-order valence-electron chi connectivity index (χ3n) is 6.93. The van der Waals surface area contributed by atoms with Crippen LogP contribution in [0, 0.1) is 6.92 Å². The molecule has 0 spiro atoms. The SMILES string of the molecule is Cc1cc(C(=O)NC(C)CC(F)(F)C(F)(F)C(F)(F)C(F)(F)C(F)(F)C(F)(F)C(F)(F)C(F)(F)C(F)(F)C(F)(F)C(F)(F)C(F)(F)F)ccc1N=C=O. The normalized spacial score (nSPS) is 15.9. The average molecular weight is 836 g/mol. The number of hydrogen-bond donors (Lipinski definition) is 1. The Morgan fingerprint density at radius 3 is 1.21 bits per heavy atom. The van der Waals surface area contributed by atoms with E-state index in [1.165, 1.54) is 5.32 Å². The van der Waals surface area contributed by atoms with Crippen LogP contribution in [0.3, 0.4) is 0 Å². The van der Waals surface area contributed by atoms with Crippen molar-refractivity contribution in [1.29, 1.82) is 0 Å². The fraction of sp³-hybridized carbons (Fsp3) is 0.667. The first kappa shape index (κ1) is 47.3. The number of benzene rings is 1. The van der Waals surface area contributed by atoms with E-state index in [1.54, 1.807) is 0 Å². The standard InChI is InChI=1S/C24H13F25N2O2/c1-8-5-10(3-4-11(8)50-7-52)12(53)51-9(2)6-13(25,26)14(27,28)15(29,30)16(31,32)17(33,34)18(35,36)19(37,38)20(39,40)21(41,42)22(43,44)23(45,46)24(47,48)49/h3-5,9H,6H2,1-2H3,(H,51,53). The number of carbonyl (C=O) groups is 1. The van der Waals surface area contributed by atoms with Gasteiger partial charge in [0.25, 0.3) is 5.91 Å². The molecule has 0 aromatic heterocycles. The number of hydrogen-bond acceptors (Lipinski definition) is 3. The molecule has 0 heterocycles. The van der Waals surface area contributed by atoms with Gasteiger partial charge in [-0.25, -0.2) is 4.79 Å². The van der Waals surface area contributed by atoms with Gasteiger partial charge in [-0.1, -0.05) is 0 Å². The number of nitrogens with one attached hydrogen (secondary N) is 1. The van der Waals surface area contributed by atoms with E-state index in [1.807, 2.05) is 0 Å². The molecule has 1 aromatic carbocycles. The van der Waals surface area contributed by atoms with E-state index in [2.05, 4.69) is 4.99 Å². The van der Waals surface area contributed by atoms with Gasteiger partial charge in [0.2, 0.25) is 6.08 Å². The van der Waals surface area contributed by atoms with Crippen LogP contribution in [0.5, 0.6) is 0 Å². The van der Waals surface area contributed by atoms with E-state index in [-0.39, 0.29) is 18.2 Å². The van der Waals surface area contributed by atoms with Gasteiger partial charge in [-0.05, 0) is 37.6 Å². The molecule has 1 rings (SSSR count). The lowest BCUT2D eigenvalue weighted by atomic mass is 9.84. The summed E-state index contributed by atoms with van der Waals surface area (Å²) in [5.41, 5.74) is -0.890. The highest BCUT2D eigenvalue weighted by atomic mass is 19.4. The van der Waals surface area contributed by atoms with Crippen molar-refractivity contribution >= 4 is 17.7 Å². The number of alkyl halides is 25. The van der Waals surface area contributed by atoms with Gasteiger partial charge in [-0.2, -0.15) is 115 Å². The number of rotatable bonds is 15. The van der Waals surface area contributed by atoms with Crippen LogP contribution in [-0.4, -0.2) is 89.4 Å². The first-order valence-corrected chi connectivity index (χ1v) is 12.7. The molecule has 4 nitrogen and oxygen atoms in total. The summed E-state index contributed by atoms with van der Waals surface area (Å²) in [5.74, 6) is -101. The predicted molar refractivity (Wildman–Crippen MR) is 121 cm³/mol. The molecule has 1 amide bonds. The molecule has 1 N–H and O–H groups in total. The van der Waals surface area contributed by atoms with E-state index in [4.69, 9.17) is 0 Å². The molecule has 0 radical (unpaired) electrons. The highest BCUT2D eigenvalue weighted by Gasteiger charge is 2.99. The largest absolute Gasteiger partial charge is 0.460 e. The molecule has 0 saturated carbocycles. The molecular weight excluding hydrogens is 823 g/mol. The zero-order valence-electron chi connectivity index (χ0n) is 24.7. The number of isocyanates is 1. The molecule has 1 unspecified atom stereocenters. The molecule has 53 heavy (non-hydrogen) atoms. The van der Waals surface area contributed by atoms with Gasteiger partial charge >= 0.3 is 71.3 Å². The van der Waals surface area contributed by atoms with E-state index in [9.17, 15) is 119 Å². The van der Waals surface area contributed by atoms with Crippen molar-refractivity contribution in [3.63, 3.8) is 0 Å². The van der Waals surface area contributed by atoms with Crippen LogP contribution in [0.1, 0.15) is 29.3 Å². The van der Waals surface area contributed by atoms with E-state index in [0.717, 1.165) is 31.2 Å². The van der Waals surface area contributed by atoms with Crippen LogP contribution in [0.25, 0.3) is 0 Å². The van der Waals surface area contributed by atoms with E-state index >= 15 is 0 Å². The lowest BCUT2D eigenvalue weighted by molar-refractivity contribution is -0.482. The fourth-order valence-corrected chi connectivity index (χ4v) is 3.83. The molecule has 0 aliphatic heterocycles. The monoisotopic (exact) mass is 836 g/mol. The van der Waals surface area contributed by atoms with Crippen molar-refractivity contribution in [1.82, 2.24) is 5.32 Å². The highest BCUT2D eigenvalue weighted by molar-refractivity contribution is 5.95. The van der Waals surface area contributed by atoms with E-state index < -0.39 is 95.3 Å². The maximum Gasteiger partial charge on any atom is 0.460 e. The molecule has 1 atom stereocenters. The molecule has 0 bridgehead atoms. The molecular formula is C24H13F25N2O2. The Hall–Kier alpha value is -3.68. The van der Waals surface area contributed by atoms with Crippen LogP contribution in [0.2, 0.25) is 0 Å². The van der Waals surface area contributed by atoms with Gasteiger partial charge in [0.15, 0.2) is 0 Å². The second-order valence-corrected chi connectivity index (χ2v) is 10.7. The number of carbonyl (C=O) groups excluding carboxylic acids is 2. The number of halogens is 25. The molecule has 0 aliphatic rings. The van der Waals surface area contributed by atoms with Crippen molar-refractivity contribution in [2.45, 2.75) is 97.6 Å². The molecule has 306 valence electrons. The van der Waals surface area contributed by atoms with E-state index in [0.29, 0.717) is 0 Å². The first-order chi connectivity index (χ1) is 23.0. The zero-order chi connectivity index (χ0) is 42.8. The van der Waals surface area contributed by atoms with Crippen molar-refractivity contribution < 1.29 is 119 Å². The maximum absolute atomic E-state index is 14.3. The summed E-state index contributed by atoms with van der Waals surface area (Å²) < 4.78 is 341.